The number of nitrogens with one attached hydrogen (secondary N) is 1. The Balaban J connectivity index is 1.66. The summed E-state index contributed by atoms with van der Waals surface area (Å²) in [5.41, 5.74) is -0.449. The highest BCUT2D eigenvalue weighted by molar-refractivity contribution is 6.10. The number of hydrogen-bond acceptors (Lipinski definition) is 3. The fourth-order valence-electron chi connectivity index (χ4n) is 3.60. The van der Waals surface area contributed by atoms with Crippen LogP contribution in [0, 0.1) is 0 Å². The molecule has 4 amide bonds. The Bertz CT molecular complexity index is 916. The van der Waals surface area contributed by atoms with Gasteiger partial charge in [0.25, 0.3) is 5.91 Å². The van der Waals surface area contributed by atoms with Crippen LogP contribution in [0.3, 0.4) is 0 Å². The van der Waals surface area contributed by atoms with Crippen molar-refractivity contribution in [1.82, 2.24) is 15.1 Å². The van der Waals surface area contributed by atoms with Crippen LogP contribution in [0.15, 0.2) is 42.5 Å². The maximum atomic E-state index is 13.1. The van der Waals surface area contributed by atoms with Crippen molar-refractivity contribution in [2.75, 3.05) is 13.6 Å². The molecule has 134 valence electrons. The van der Waals surface area contributed by atoms with Crippen LogP contribution in [0.1, 0.15) is 25.3 Å². The van der Waals surface area contributed by atoms with Crippen LogP contribution in [-0.2, 0) is 15.1 Å². The van der Waals surface area contributed by atoms with E-state index in [1.165, 1.54) is 0 Å². The van der Waals surface area contributed by atoms with E-state index in [1.54, 1.807) is 18.9 Å². The summed E-state index contributed by atoms with van der Waals surface area (Å²) < 4.78 is 0. The number of nitrogens with zero attached hydrogens (tertiary/aromatic N) is 2. The SMILES string of the molecule is CN(C(=O)CN1C(=O)NC(C)(c2cccc3ccccc23)C1=O)C1CC1. The molecule has 2 aromatic rings. The molecule has 1 aliphatic heterocycles. The molecule has 1 heterocycles. The van der Waals surface area contributed by atoms with E-state index < -0.39 is 17.5 Å². The standard InChI is InChI=1S/C20H21N3O3/c1-20(16-9-5-7-13-6-3-4-8-15(13)16)18(25)23(19(26)21-20)12-17(24)22(2)14-10-11-14/h3-9,14H,10-12H2,1-2H3,(H,21,26). The monoisotopic (exact) mass is 351 g/mol. The van der Waals surface area contributed by atoms with Gasteiger partial charge in [0.1, 0.15) is 12.1 Å². The van der Waals surface area contributed by atoms with E-state index in [1.807, 2.05) is 42.5 Å². The molecule has 2 aromatic carbocycles. The van der Waals surface area contributed by atoms with E-state index in [0.29, 0.717) is 0 Å². The van der Waals surface area contributed by atoms with Crippen molar-refractivity contribution in [2.24, 2.45) is 0 Å². The quantitative estimate of drug-likeness (QED) is 0.859. The van der Waals surface area contributed by atoms with Crippen molar-refractivity contribution >= 4 is 28.6 Å². The third-order valence-corrected chi connectivity index (χ3v) is 5.38. The Morgan fingerprint density at radius 2 is 1.88 bits per heavy atom. The molecule has 0 bridgehead atoms. The van der Waals surface area contributed by atoms with Crippen molar-refractivity contribution in [3.05, 3.63) is 48.0 Å². The summed E-state index contributed by atoms with van der Waals surface area (Å²) in [6.45, 7) is 1.47. The molecule has 0 spiro atoms. The van der Waals surface area contributed by atoms with Gasteiger partial charge >= 0.3 is 6.03 Å². The van der Waals surface area contributed by atoms with Gasteiger partial charge in [-0.2, -0.15) is 0 Å². The lowest BCUT2D eigenvalue weighted by Crippen LogP contribution is -2.44. The molecular formula is C20H21N3O3. The molecular weight excluding hydrogens is 330 g/mol. The molecule has 1 unspecified atom stereocenters. The van der Waals surface area contributed by atoms with E-state index >= 15 is 0 Å². The van der Waals surface area contributed by atoms with Crippen LogP contribution in [0.4, 0.5) is 4.79 Å². The molecule has 6 nitrogen and oxygen atoms in total. The molecule has 1 saturated heterocycles. The van der Waals surface area contributed by atoms with Crippen molar-refractivity contribution in [3.63, 3.8) is 0 Å². The van der Waals surface area contributed by atoms with E-state index in [9.17, 15) is 14.4 Å². The first kappa shape index (κ1) is 16.6. The van der Waals surface area contributed by atoms with Gasteiger partial charge < -0.3 is 10.2 Å². The molecule has 0 aromatic heterocycles. The zero-order chi connectivity index (χ0) is 18.5. The predicted octanol–water partition coefficient (Wildman–Crippen LogP) is 2.23. The summed E-state index contributed by atoms with van der Waals surface area (Å²) >= 11 is 0. The molecule has 6 heteroatoms. The first-order valence-electron chi connectivity index (χ1n) is 8.80. The van der Waals surface area contributed by atoms with Crippen LogP contribution in [0.2, 0.25) is 0 Å². The minimum atomic E-state index is -1.18. The zero-order valence-corrected chi connectivity index (χ0v) is 14.9. The first-order valence-corrected chi connectivity index (χ1v) is 8.80. The molecule has 1 aliphatic carbocycles. The number of imide groups is 1. The maximum Gasteiger partial charge on any atom is 0.325 e. The minimum absolute atomic E-state index is 0.210. The molecule has 2 aliphatic rings. The summed E-state index contributed by atoms with van der Waals surface area (Å²) in [6.07, 6.45) is 1.96. The van der Waals surface area contributed by atoms with E-state index in [4.69, 9.17) is 0 Å². The van der Waals surface area contributed by atoms with Crippen molar-refractivity contribution in [1.29, 1.82) is 0 Å². The predicted molar refractivity (Wildman–Crippen MR) is 97.3 cm³/mol. The van der Waals surface area contributed by atoms with Gasteiger partial charge in [0.15, 0.2) is 0 Å². The Morgan fingerprint density at radius 1 is 1.19 bits per heavy atom. The average Bonchev–Trinajstić information content (AvgIpc) is 3.46. The van der Waals surface area contributed by atoms with Gasteiger partial charge in [-0.1, -0.05) is 42.5 Å². The largest absolute Gasteiger partial charge is 0.341 e. The Hall–Kier alpha value is -2.89. The van der Waals surface area contributed by atoms with Gasteiger partial charge in [-0.15, -0.1) is 0 Å². The fourth-order valence-corrected chi connectivity index (χ4v) is 3.60. The van der Waals surface area contributed by atoms with Crippen LogP contribution < -0.4 is 5.32 Å². The Morgan fingerprint density at radius 3 is 2.62 bits per heavy atom. The third kappa shape index (κ3) is 2.53. The summed E-state index contributed by atoms with van der Waals surface area (Å²) in [4.78, 5) is 40.6. The topological polar surface area (TPSA) is 69.7 Å². The van der Waals surface area contributed by atoms with Gasteiger partial charge in [0, 0.05) is 13.1 Å². The summed E-state index contributed by atoms with van der Waals surface area (Å²) in [5, 5.41) is 4.70. The third-order valence-electron chi connectivity index (χ3n) is 5.38. The second kappa shape index (κ2) is 5.83. The number of hydrogen-bond donors (Lipinski definition) is 1. The van der Waals surface area contributed by atoms with Gasteiger partial charge in [-0.05, 0) is 36.1 Å². The molecule has 2 fully saturated rings. The Labute approximate surface area is 151 Å². The van der Waals surface area contributed by atoms with E-state index in [0.717, 1.165) is 34.1 Å². The average molecular weight is 351 g/mol. The molecule has 4 rings (SSSR count). The van der Waals surface area contributed by atoms with Gasteiger partial charge in [-0.25, -0.2) is 4.79 Å². The maximum absolute atomic E-state index is 13.1. The highest BCUT2D eigenvalue weighted by Gasteiger charge is 2.50. The lowest BCUT2D eigenvalue weighted by Gasteiger charge is -2.24. The van der Waals surface area contributed by atoms with Gasteiger partial charge in [0.2, 0.25) is 5.91 Å². The lowest BCUT2D eigenvalue weighted by atomic mass is 9.88. The number of amides is 4. The first-order chi connectivity index (χ1) is 12.4. The molecule has 26 heavy (non-hydrogen) atoms. The fraction of sp³-hybridized carbons (Fsp3) is 0.350. The number of urea groups is 1. The van der Waals surface area contributed by atoms with Crippen LogP contribution in [0.5, 0.6) is 0 Å². The zero-order valence-electron chi connectivity index (χ0n) is 14.9. The highest BCUT2D eigenvalue weighted by Crippen LogP contribution is 2.34. The number of carbonyl (C=O) groups excluding carboxylic acids is 3. The molecule has 0 radical (unpaired) electrons. The summed E-state index contributed by atoms with van der Waals surface area (Å²) in [7, 11) is 1.72. The molecule has 1 saturated carbocycles. The van der Waals surface area contributed by atoms with Crippen LogP contribution in [-0.4, -0.2) is 47.3 Å². The van der Waals surface area contributed by atoms with Gasteiger partial charge in [-0.3, -0.25) is 14.5 Å². The number of rotatable bonds is 4. The van der Waals surface area contributed by atoms with Crippen LogP contribution >= 0.6 is 0 Å². The summed E-state index contributed by atoms with van der Waals surface area (Å²) in [6, 6.07) is 13.1. The lowest BCUT2D eigenvalue weighted by molar-refractivity contribution is -0.138. The number of fused-ring (bicyclic) bond motifs is 1. The number of carbonyl (C=O) groups is 3. The number of likely N-dealkylation sites (N-methyl/N-ethyl adjacent to an activating group) is 1. The van der Waals surface area contributed by atoms with Crippen molar-refractivity contribution in [2.45, 2.75) is 31.3 Å². The summed E-state index contributed by atoms with van der Waals surface area (Å²) in [5.74, 6) is -0.602. The Kier molecular flexibility index (Phi) is 3.72. The normalized spacial score (nSPS) is 22.6. The minimum Gasteiger partial charge on any atom is -0.341 e. The second-order valence-corrected chi connectivity index (χ2v) is 7.21. The van der Waals surface area contributed by atoms with Gasteiger partial charge in [0.05, 0.1) is 0 Å². The van der Waals surface area contributed by atoms with Crippen molar-refractivity contribution < 1.29 is 14.4 Å². The molecule has 1 N–H and O–H groups in total. The van der Waals surface area contributed by atoms with E-state index in [-0.39, 0.29) is 18.5 Å². The molecule has 1 atom stereocenters. The van der Waals surface area contributed by atoms with Crippen LogP contribution in [0.25, 0.3) is 10.8 Å². The highest BCUT2D eigenvalue weighted by atomic mass is 16.2. The second-order valence-electron chi connectivity index (χ2n) is 7.21. The number of benzene rings is 2. The van der Waals surface area contributed by atoms with Crippen molar-refractivity contribution in [3.8, 4) is 0 Å². The van der Waals surface area contributed by atoms with E-state index in [2.05, 4.69) is 5.32 Å². The smallest absolute Gasteiger partial charge is 0.325 e.